The van der Waals surface area contributed by atoms with Gasteiger partial charge in [0, 0.05) is 37.8 Å². The molecule has 1 aromatic carbocycles. The standard InChI is InChI=1S/C19H29N5O2/c1-19(2,3)24(18(25)26)13-12-23-10-8-14(9-11-23)20-17-21-15-6-4-5-7-16(15)22-17/h4-7,14H,8-13H2,1-3H3,(H,25,26)(H2,20,21,22). The van der Waals surface area contributed by atoms with Crippen molar-refractivity contribution in [1.29, 1.82) is 0 Å². The van der Waals surface area contributed by atoms with Gasteiger partial charge in [0.05, 0.1) is 11.0 Å². The highest BCUT2D eigenvalue weighted by atomic mass is 16.4. The fraction of sp³-hybridized carbons (Fsp3) is 0.579. The van der Waals surface area contributed by atoms with Gasteiger partial charge in [-0.25, -0.2) is 9.78 Å². The van der Waals surface area contributed by atoms with Crippen LogP contribution in [0.5, 0.6) is 0 Å². The Hall–Kier alpha value is -2.28. The molecule has 0 aliphatic carbocycles. The third-order valence-corrected chi connectivity index (χ3v) is 5.00. The maximum absolute atomic E-state index is 11.4. The maximum Gasteiger partial charge on any atom is 0.407 e. The monoisotopic (exact) mass is 359 g/mol. The number of carboxylic acid groups (broad SMARTS) is 1. The molecular formula is C19H29N5O2. The molecule has 1 aliphatic heterocycles. The number of benzene rings is 1. The van der Waals surface area contributed by atoms with E-state index in [0.29, 0.717) is 12.6 Å². The zero-order valence-corrected chi connectivity index (χ0v) is 15.8. The summed E-state index contributed by atoms with van der Waals surface area (Å²) in [6, 6.07) is 8.41. The summed E-state index contributed by atoms with van der Waals surface area (Å²) in [6.45, 7) is 9.06. The van der Waals surface area contributed by atoms with E-state index in [2.05, 4.69) is 20.2 Å². The van der Waals surface area contributed by atoms with E-state index in [-0.39, 0.29) is 5.54 Å². The number of anilines is 1. The smallest absolute Gasteiger partial charge is 0.407 e. The number of carbonyl (C=O) groups is 1. The second-order valence-electron chi connectivity index (χ2n) is 7.97. The van der Waals surface area contributed by atoms with Crippen LogP contribution in [-0.2, 0) is 0 Å². The van der Waals surface area contributed by atoms with Crippen molar-refractivity contribution in [1.82, 2.24) is 19.8 Å². The molecule has 26 heavy (non-hydrogen) atoms. The van der Waals surface area contributed by atoms with E-state index >= 15 is 0 Å². The first-order chi connectivity index (χ1) is 12.3. The van der Waals surface area contributed by atoms with Gasteiger partial charge in [0.15, 0.2) is 0 Å². The Kier molecular flexibility index (Phi) is 5.36. The van der Waals surface area contributed by atoms with Crippen LogP contribution in [0, 0.1) is 0 Å². The molecule has 2 heterocycles. The minimum absolute atomic E-state index is 0.368. The number of hydrogen-bond donors (Lipinski definition) is 3. The zero-order chi connectivity index (χ0) is 18.7. The normalized spacial score (nSPS) is 16.7. The number of amides is 1. The Morgan fingerprint density at radius 3 is 2.65 bits per heavy atom. The highest BCUT2D eigenvalue weighted by Gasteiger charge is 2.27. The number of imidazole rings is 1. The summed E-state index contributed by atoms with van der Waals surface area (Å²) in [4.78, 5) is 23.2. The number of rotatable bonds is 5. The van der Waals surface area contributed by atoms with Crippen LogP contribution < -0.4 is 5.32 Å². The number of para-hydroxylation sites is 2. The number of piperidine rings is 1. The van der Waals surface area contributed by atoms with Gasteiger partial charge in [0.25, 0.3) is 0 Å². The summed E-state index contributed by atoms with van der Waals surface area (Å²) < 4.78 is 0. The fourth-order valence-electron chi connectivity index (χ4n) is 3.47. The van der Waals surface area contributed by atoms with Crippen molar-refractivity contribution in [3.63, 3.8) is 0 Å². The van der Waals surface area contributed by atoms with E-state index in [4.69, 9.17) is 0 Å². The minimum Gasteiger partial charge on any atom is -0.465 e. The van der Waals surface area contributed by atoms with E-state index in [1.807, 2.05) is 45.0 Å². The molecule has 1 fully saturated rings. The molecule has 7 heteroatoms. The lowest BCUT2D eigenvalue weighted by atomic mass is 10.0. The van der Waals surface area contributed by atoms with Gasteiger partial charge in [-0.05, 0) is 45.7 Å². The van der Waals surface area contributed by atoms with E-state index in [9.17, 15) is 9.90 Å². The van der Waals surface area contributed by atoms with Gasteiger partial charge in [-0.2, -0.15) is 0 Å². The molecule has 7 nitrogen and oxygen atoms in total. The first kappa shape index (κ1) is 18.5. The average Bonchev–Trinajstić information content (AvgIpc) is 2.97. The van der Waals surface area contributed by atoms with Crippen molar-refractivity contribution < 1.29 is 9.90 Å². The van der Waals surface area contributed by atoms with Crippen molar-refractivity contribution >= 4 is 23.1 Å². The largest absolute Gasteiger partial charge is 0.465 e. The zero-order valence-electron chi connectivity index (χ0n) is 15.8. The number of nitrogens with one attached hydrogen (secondary N) is 2. The minimum atomic E-state index is -0.848. The number of aromatic nitrogens is 2. The molecule has 0 radical (unpaired) electrons. The van der Waals surface area contributed by atoms with E-state index in [1.54, 1.807) is 0 Å². The van der Waals surface area contributed by atoms with E-state index < -0.39 is 6.09 Å². The predicted molar refractivity (Wildman–Crippen MR) is 104 cm³/mol. The molecule has 0 atom stereocenters. The van der Waals surface area contributed by atoms with Crippen LogP contribution in [0.3, 0.4) is 0 Å². The molecule has 1 aromatic heterocycles. The fourth-order valence-corrected chi connectivity index (χ4v) is 3.47. The Morgan fingerprint density at radius 1 is 1.35 bits per heavy atom. The summed E-state index contributed by atoms with van der Waals surface area (Å²) in [5, 5.41) is 12.9. The Bertz CT molecular complexity index is 711. The predicted octanol–water partition coefficient (Wildman–Crippen LogP) is 3.22. The van der Waals surface area contributed by atoms with Crippen LogP contribution in [-0.4, -0.2) is 68.7 Å². The maximum atomic E-state index is 11.4. The van der Waals surface area contributed by atoms with Crippen molar-refractivity contribution in [2.24, 2.45) is 0 Å². The summed E-state index contributed by atoms with van der Waals surface area (Å²) >= 11 is 0. The van der Waals surface area contributed by atoms with Gasteiger partial charge in [0.1, 0.15) is 0 Å². The van der Waals surface area contributed by atoms with Crippen molar-refractivity contribution in [2.75, 3.05) is 31.5 Å². The molecule has 0 bridgehead atoms. The molecule has 3 N–H and O–H groups in total. The summed E-state index contributed by atoms with van der Waals surface area (Å²) in [5.74, 6) is 0.828. The second-order valence-corrected chi connectivity index (χ2v) is 7.97. The summed E-state index contributed by atoms with van der Waals surface area (Å²) in [5.41, 5.74) is 1.65. The van der Waals surface area contributed by atoms with Gasteiger partial charge < -0.3 is 25.2 Å². The lowest BCUT2D eigenvalue weighted by molar-refractivity contribution is 0.0876. The lowest BCUT2D eigenvalue weighted by Crippen LogP contribution is -2.49. The van der Waals surface area contributed by atoms with Crippen LogP contribution >= 0.6 is 0 Å². The van der Waals surface area contributed by atoms with E-state index in [0.717, 1.165) is 49.5 Å². The Morgan fingerprint density at radius 2 is 2.04 bits per heavy atom. The molecule has 1 saturated heterocycles. The van der Waals surface area contributed by atoms with Gasteiger partial charge in [-0.15, -0.1) is 0 Å². The number of H-pyrrole nitrogens is 1. The average molecular weight is 359 g/mol. The van der Waals surface area contributed by atoms with Crippen LogP contribution in [0.25, 0.3) is 11.0 Å². The third kappa shape index (κ3) is 4.46. The van der Waals surface area contributed by atoms with Gasteiger partial charge in [-0.1, -0.05) is 12.1 Å². The second kappa shape index (κ2) is 7.53. The topological polar surface area (TPSA) is 84.5 Å². The Balaban J connectivity index is 1.47. The number of nitrogens with zero attached hydrogens (tertiary/aromatic N) is 3. The highest BCUT2D eigenvalue weighted by Crippen LogP contribution is 2.19. The molecule has 0 saturated carbocycles. The summed E-state index contributed by atoms with van der Waals surface area (Å²) in [7, 11) is 0. The number of hydrogen-bond acceptors (Lipinski definition) is 4. The van der Waals surface area contributed by atoms with Crippen molar-refractivity contribution in [3.05, 3.63) is 24.3 Å². The van der Waals surface area contributed by atoms with Crippen LogP contribution in [0.2, 0.25) is 0 Å². The van der Waals surface area contributed by atoms with Gasteiger partial charge >= 0.3 is 6.09 Å². The van der Waals surface area contributed by atoms with Crippen LogP contribution in [0.4, 0.5) is 10.7 Å². The molecule has 3 rings (SSSR count). The molecule has 0 spiro atoms. The lowest BCUT2D eigenvalue weighted by Gasteiger charge is -2.37. The third-order valence-electron chi connectivity index (χ3n) is 5.00. The number of fused-ring (bicyclic) bond motifs is 1. The molecule has 0 unspecified atom stereocenters. The van der Waals surface area contributed by atoms with Gasteiger partial charge in [0.2, 0.25) is 5.95 Å². The first-order valence-corrected chi connectivity index (χ1v) is 9.27. The molecule has 1 amide bonds. The van der Waals surface area contributed by atoms with Gasteiger partial charge in [-0.3, -0.25) is 0 Å². The quantitative estimate of drug-likeness (QED) is 0.763. The van der Waals surface area contributed by atoms with E-state index in [1.165, 1.54) is 4.90 Å². The molecular weight excluding hydrogens is 330 g/mol. The molecule has 2 aromatic rings. The first-order valence-electron chi connectivity index (χ1n) is 9.27. The molecule has 142 valence electrons. The number of likely N-dealkylation sites (tertiary alicyclic amines) is 1. The van der Waals surface area contributed by atoms with Crippen molar-refractivity contribution in [3.8, 4) is 0 Å². The van der Waals surface area contributed by atoms with Crippen LogP contribution in [0.15, 0.2) is 24.3 Å². The molecule has 1 aliphatic rings. The van der Waals surface area contributed by atoms with Crippen molar-refractivity contribution in [2.45, 2.75) is 45.2 Å². The number of aromatic amines is 1. The highest BCUT2D eigenvalue weighted by molar-refractivity contribution is 5.77. The Labute approximate surface area is 154 Å². The summed E-state index contributed by atoms with van der Waals surface area (Å²) in [6.07, 6.45) is 1.21. The SMILES string of the molecule is CC(C)(C)N(CCN1CCC(Nc2nc3ccccc3[nH]2)CC1)C(=O)O. The van der Waals surface area contributed by atoms with Crippen LogP contribution in [0.1, 0.15) is 33.6 Å².